The van der Waals surface area contributed by atoms with Crippen LogP contribution >= 0.6 is 7.26 Å². The Kier molecular flexibility index (Phi) is 7.20. The van der Waals surface area contributed by atoms with Gasteiger partial charge in [-0.3, -0.25) is 0 Å². The van der Waals surface area contributed by atoms with Crippen molar-refractivity contribution in [3.8, 4) is 0 Å². The second kappa shape index (κ2) is 9.83. The fraction of sp³-hybridized carbons (Fsp3) is 0.0370. The summed E-state index contributed by atoms with van der Waals surface area (Å²) in [6.07, 6.45) is 2.90. The average molecular weight is 459 g/mol. The highest BCUT2D eigenvalue weighted by molar-refractivity contribution is 7.95. The molecule has 0 saturated heterocycles. The lowest BCUT2D eigenvalue weighted by molar-refractivity contribution is -0.00000540. The molecule has 0 atom stereocenters. The topological polar surface area (TPSA) is 0 Å². The molecule has 0 unspecified atom stereocenters. The summed E-state index contributed by atoms with van der Waals surface area (Å²) in [5.74, 6) is 0. The average Bonchev–Trinajstić information content (AvgIpc) is 2.80. The van der Waals surface area contributed by atoms with Crippen molar-refractivity contribution < 1.29 is 17.0 Å². The maximum absolute atomic E-state index is 3.88. The monoisotopic (exact) mass is 458 g/mol. The van der Waals surface area contributed by atoms with Gasteiger partial charge in [-0.1, -0.05) is 91.5 Å². The van der Waals surface area contributed by atoms with Crippen molar-refractivity contribution >= 4 is 29.3 Å². The smallest absolute Gasteiger partial charge is 0.116 e. The third kappa shape index (κ3) is 4.42. The largest absolute Gasteiger partial charge is 1.00 e. The van der Waals surface area contributed by atoms with Crippen LogP contribution in [0.15, 0.2) is 122 Å². The lowest BCUT2D eigenvalue weighted by atomic mass is 10.1. The minimum atomic E-state index is -1.82. The zero-order chi connectivity index (χ0) is 19.2. The van der Waals surface area contributed by atoms with Gasteiger partial charge in [0, 0.05) is 0 Å². The molecule has 0 bridgehead atoms. The number of hydrogen-bond donors (Lipinski definition) is 0. The molecule has 0 heterocycles. The summed E-state index contributed by atoms with van der Waals surface area (Å²) in [6, 6.07) is 41.9. The second-order valence-electron chi connectivity index (χ2n) is 6.92. The van der Waals surface area contributed by atoms with Gasteiger partial charge >= 0.3 is 0 Å². The first-order valence-electron chi connectivity index (χ1n) is 9.59. The Morgan fingerprint density at radius 1 is 0.552 bits per heavy atom. The first-order valence-corrected chi connectivity index (χ1v) is 11.6. The minimum Gasteiger partial charge on any atom is -1.00 e. The molecule has 0 saturated carbocycles. The fourth-order valence-electron chi connectivity index (χ4n) is 3.80. The second-order valence-corrected chi connectivity index (χ2v) is 10.4. The van der Waals surface area contributed by atoms with Crippen molar-refractivity contribution in [1.29, 1.82) is 0 Å². The van der Waals surface area contributed by atoms with E-state index in [1.165, 1.54) is 21.5 Å². The molecule has 0 spiro atoms. The van der Waals surface area contributed by atoms with Gasteiger partial charge in [0.2, 0.25) is 0 Å². The molecule has 0 amide bonds. The van der Waals surface area contributed by atoms with Gasteiger partial charge in [-0.15, -0.1) is 0 Å². The molecule has 4 aromatic rings. The molecule has 0 aliphatic heterocycles. The first-order chi connectivity index (χ1) is 13.8. The van der Waals surface area contributed by atoms with E-state index in [4.69, 9.17) is 0 Å². The Bertz CT molecular complexity index is 929. The van der Waals surface area contributed by atoms with Crippen molar-refractivity contribution in [3.05, 3.63) is 133 Å². The summed E-state index contributed by atoms with van der Waals surface area (Å²) < 4.78 is 0. The summed E-state index contributed by atoms with van der Waals surface area (Å²) in [7, 11) is -1.82. The van der Waals surface area contributed by atoms with Crippen LogP contribution in [0.4, 0.5) is 0 Å². The third-order valence-electron chi connectivity index (χ3n) is 5.23. The molecular weight excluding hydrogens is 435 g/mol. The molecule has 29 heavy (non-hydrogen) atoms. The van der Waals surface area contributed by atoms with Crippen LogP contribution in [0.3, 0.4) is 0 Å². The third-order valence-corrected chi connectivity index (χ3v) is 9.60. The van der Waals surface area contributed by atoms with Crippen LogP contribution in [0.2, 0.25) is 0 Å². The predicted octanol–water partition coefficient (Wildman–Crippen LogP) is 2.83. The van der Waals surface area contributed by atoms with Crippen LogP contribution in [0.1, 0.15) is 11.1 Å². The summed E-state index contributed by atoms with van der Waals surface area (Å²) in [5, 5.41) is 4.25. The first kappa shape index (κ1) is 21.2. The molecule has 4 rings (SSSR count). The van der Waals surface area contributed by atoms with Gasteiger partial charge in [0.1, 0.15) is 23.2 Å². The molecule has 0 aromatic heterocycles. The normalized spacial score (nSPS) is 10.8. The molecular formula is C27H24BrP. The van der Waals surface area contributed by atoms with Gasteiger partial charge in [-0.25, -0.2) is 0 Å². The van der Waals surface area contributed by atoms with Gasteiger partial charge in [0.05, 0.1) is 6.16 Å². The lowest BCUT2D eigenvalue weighted by Crippen LogP contribution is -3.00. The SMILES string of the molecule is C=Cc1ccc(C[P+](c2ccccc2)(c2ccccc2)c2ccccc2)cc1.[Br-]. The number of hydrogen-bond acceptors (Lipinski definition) is 0. The summed E-state index contributed by atoms with van der Waals surface area (Å²) >= 11 is 0. The van der Waals surface area contributed by atoms with E-state index < -0.39 is 7.26 Å². The van der Waals surface area contributed by atoms with E-state index in [0.29, 0.717) is 0 Å². The number of halogens is 1. The zero-order valence-corrected chi connectivity index (χ0v) is 18.8. The van der Waals surface area contributed by atoms with E-state index in [1.54, 1.807) is 0 Å². The Labute approximate surface area is 185 Å². The quantitative estimate of drug-likeness (QED) is 0.389. The van der Waals surface area contributed by atoms with Crippen molar-refractivity contribution in [1.82, 2.24) is 0 Å². The standard InChI is InChI=1S/C27H24P.BrH/c1-2-23-18-20-24(21-19-23)22-28(25-12-6-3-7-13-25,26-14-8-4-9-15-26)27-16-10-5-11-17-27;/h2-21H,1,22H2;1H/q+1;/p-1. The van der Waals surface area contributed by atoms with Crippen LogP contribution in [0.5, 0.6) is 0 Å². The van der Waals surface area contributed by atoms with E-state index in [-0.39, 0.29) is 17.0 Å². The molecule has 0 radical (unpaired) electrons. The Hall–Kier alpha value is -2.47. The van der Waals surface area contributed by atoms with Crippen molar-refractivity contribution in [2.75, 3.05) is 0 Å². The van der Waals surface area contributed by atoms with E-state index >= 15 is 0 Å². The van der Waals surface area contributed by atoms with Crippen molar-refractivity contribution in [2.24, 2.45) is 0 Å². The van der Waals surface area contributed by atoms with E-state index in [9.17, 15) is 0 Å². The minimum absolute atomic E-state index is 0. The van der Waals surface area contributed by atoms with Crippen LogP contribution in [-0.2, 0) is 6.16 Å². The van der Waals surface area contributed by atoms with Crippen molar-refractivity contribution in [2.45, 2.75) is 6.16 Å². The zero-order valence-electron chi connectivity index (χ0n) is 16.3. The number of rotatable bonds is 6. The highest BCUT2D eigenvalue weighted by Gasteiger charge is 2.45. The highest BCUT2D eigenvalue weighted by atomic mass is 79.9. The Balaban J connectivity index is 0.00000240. The fourth-order valence-corrected chi connectivity index (χ4v) is 8.05. The van der Waals surface area contributed by atoms with E-state index in [2.05, 4.69) is 122 Å². The van der Waals surface area contributed by atoms with Crippen LogP contribution in [0.25, 0.3) is 6.08 Å². The van der Waals surface area contributed by atoms with Gasteiger partial charge in [-0.2, -0.15) is 0 Å². The van der Waals surface area contributed by atoms with Crippen LogP contribution in [-0.4, -0.2) is 0 Å². The Morgan fingerprint density at radius 3 is 1.28 bits per heavy atom. The highest BCUT2D eigenvalue weighted by Crippen LogP contribution is 2.58. The van der Waals surface area contributed by atoms with Crippen molar-refractivity contribution in [3.63, 3.8) is 0 Å². The molecule has 0 fully saturated rings. The summed E-state index contributed by atoms with van der Waals surface area (Å²) in [5.41, 5.74) is 2.52. The van der Waals surface area contributed by atoms with Crippen LogP contribution in [0, 0.1) is 0 Å². The van der Waals surface area contributed by atoms with E-state index in [1.807, 2.05) is 6.08 Å². The molecule has 0 aliphatic rings. The molecule has 0 N–H and O–H groups in total. The van der Waals surface area contributed by atoms with Crippen LogP contribution < -0.4 is 32.9 Å². The lowest BCUT2D eigenvalue weighted by Gasteiger charge is -2.27. The maximum atomic E-state index is 3.88. The molecule has 0 nitrogen and oxygen atoms in total. The van der Waals surface area contributed by atoms with E-state index in [0.717, 1.165) is 11.7 Å². The van der Waals surface area contributed by atoms with Gasteiger partial charge in [0.15, 0.2) is 0 Å². The summed E-state index contributed by atoms with van der Waals surface area (Å²) in [4.78, 5) is 0. The van der Waals surface area contributed by atoms with Gasteiger partial charge in [0.25, 0.3) is 0 Å². The molecule has 0 aliphatic carbocycles. The van der Waals surface area contributed by atoms with Gasteiger partial charge in [-0.05, 0) is 47.5 Å². The molecule has 4 aromatic carbocycles. The predicted molar refractivity (Wildman–Crippen MR) is 125 cm³/mol. The number of benzene rings is 4. The maximum Gasteiger partial charge on any atom is 0.116 e. The molecule has 144 valence electrons. The van der Waals surface area contributed by atoms with Gasteiger partial charge < -0.3 is 17.0 Å². The molecule has 2 heteroatoms. The summed E-state index contributed by atoms with van der Waals surface area (Å²) in [6.45, 7) is 3.88. The Morgan fingerprint density at radius 2 is 0.931 bits per heavy atom.